The van der Waals surface area contributed by atoms with E-state index in [0.717, 1.165) is 25.8 Å². The van der Waals surface area contributed by atoms with Crippen molar-refractivity contribution in [3.63, 3.8) is 0 Å². The van der Waals surface area contributed by atoms with Crippen LogP contribution in [-0.4, -0.2) is 23.7 Å². The van der Waals surface area contributed by atoms with Crippen molar-refractivity contribution in [3.8, 4) is 0 Å². The van der Waals surface area contributed by atoms with E-state index in [1.165, 1.54) is 0 Å². The minimum Gasteiger partial charge on any atom is -0.481 e. The van der Waals surface area contributed by atoms with Crippen molar-refractivity contribution in [2.45, 2.75) is 38.6 Å². The van der Waals surface area contributed by atoms with Crippen LogP contribution in [0.2, 0.25) is 0 Å². The molecule has 1 fully saturated rings. The van der Waals surface area contributed by atoms with Gasteiger partial charge >= 0.3 is 5.97 Å². The number of hydrogen-bond donors (Lipinski definition) is 2. The van der Waals surface area contributed by atoms with E-state index in [2.05, 4.69) is 12.2 Å². The van der Waals surface area contributed by atoms with Gasteiger partial charge in [0.25, 0.3) is 0 Å². The summed E-state index contributed by atoms with van der Waals surface area (Å²) in [7, 11) is 0. The lowest BCUT2D eigenvalue weighted by Crippen LogP contribution is -2.27. The Bertz CT molecular complexity index is 159. The molecular weight excluding hydrogens is 154 g/mol. The number of aliphatic carboxylic acids is 1. The predicted octanol–water partition coefficient (Wildman–Crippen LogP) is 1.24. The van der Waals surface area contributed by atoms with E-state index < -0.39 is 5.97 Å². The highest BCUT2D eigenvalue weighted by molar-refractivity contribution is 5.67. The topological polar surface area (TPSA) is 49.3 Å². The van der Waals surface area contributed by atoms with E-state index in [0.29, 0.717) is 18.4 Å². The first-order valence-electron chi connectivity index (χ1n) is 4.69. The fourth-order valence-electron chi connectivity index (χ4n) is 1.94. The Morgan fingerprint density at radius 2 is 2.42 bits per heavy atom. The van der Waals surface area contributed by atoms with Crippen LogP contribution in [0.4, 0.5) is 0 Å². The number of carbonyl (C=O) groups is 1. The lowest BCUT2D eigenvalue weighted by atomic mass is 9.94. The Morgan fingerprint density at radius 1 is 1.67 bits per heavy atom. The van der Waals surface area contributed by atoms with Crippen LogP contribution in [0.15, 0.2) is 0 Å². The van der Waals surface area contributed by atoms with E-state index in [1.54, 1.807) is 0 Å². The van der Waals surface area contributed by atoms with Gasteiger partial charge in [-0.25, -0.2) is 0 Å². The molecule has 0 aromatic heterocycles. The molecule has 70 valence electrons. The van der Waals surface area contributed by atoms with E-state index in [9.17, 15) is 4.79 Å². The van der Waals surface area contributed by atoms with Crippen LogP contribution in [0, 0.1) is 5.92 Å². The SMILES string of the molecule is CCCC1NCCC1CC(=O)O. The predicted molar refractivity (Wildman–Crippen MR) is 47.1 cm³/mol. The summed E-state index contributed by atoms with van der Waals surface area (Å²) in [5.41, 5.74) is 0. The molecule has 0 aliphatic carbocycles. The highest BCUT2D eigenvalue weighted by Gasteiger charge is 2.27. The maximum atomic E-state index is 10.5. The summed E-state index contributed by atoms with van der Waals surface area (Å²) in [5, 5.41) is 12.0. The summed E-state index contributed by atoms with van der Waals surface area (Å²) in [6, 6.07) is 0.450. The fraction of sp³-hybridized carbons (Fsp3) is 0.889. The normalized spacial score (nSPS) is 29.1. The molecule has 0 radical (unpaired) electrons. The number of rotatable bonds is 4. The zero-order chi connectivity index (χ0) is 8.97. The van der Waals surface area contributed by atoms with Crippen molar-refractivity contribution < 1.29 is 9.90 Å². The van der Waals surface area contributed by atoms with Crippen LogP contribution < -0.4 is 5.32 Å². The Hall–Kier alpha value is -0.570. The molecule has 0 aromatic carbocycles. The molecule has 2 unspecified atom stereocenters. The molecule has 0 spiro atoms. The minimum atomic E-state index is -0.662. The highest BCUT2D eigenvalue weighted by atomic mass is 16.4. The van der Waals surface area contributed by atoms with Crippen LogP contribution in [-0.2, 0) is 4.79 Å². The fourth-order valence-corrected chi connectivity index (χ4v) is 1.94. The largest absolute Gasteiger partial charge is 0.481 e. The Balaban J connectivity index is 2.35. The summed E-state index contributed by atoms with van der Waals surface area (Å²) in [6.07, 6.45) is 3.60. The van der Waals surface area contributed by atoms with Crippen molar-refractivity contribution in [1.29, 1.82) is 0 Å². The van der Waals surface area contributed by atoms with Gasteiger partial charge in [-0.3, -0.25) is 4.79 Å². The van der Waals surface area contributed by atoms with Crippen LogP contribution in [0.5, 0.6) is 0 Å². The van der Waals surface area contributed by atoms with Gasteiger partial charge in [0.15, 0.2) is 0 Å². The number of carboxylic acids is 1. The van der Waals surface area contributed by atoms with Gasteiger partial charge in [0, 0.05) is 12.5 Å². The van der Waals surface area contributed by atoms with Gasteiger partial charge in [-0.1, -0.05) is 13.3 Å². The van der Waals surface area contributed by atoms with Gasteiger partial charge in [0.2, 0.25) is 0 Å². The van der Waals surface area contributed by atoms with Crippen molar-refractivity contribution in [2.75, 3.05) is 6.54 Å². The maximum Gasteiger partial charge on any atom is 0.303 e. The first-order chi connectivity index (χ1) is 5.74. The van der Waals surface area contributed by atoms with E-state index >= 15 is 0 Å². The first-order valence-corrected chi connectivity index (χ1v) is 4.69. The molecule has 1 aliphatic heterocycles. The average molecular weight is 171 g/mol. The quantitative estimate of drug-likeness (QED) is 0.669. The molecule has 1 aliphatic rings. The standard InChI is InChI=1S/C9H17NO2/c1-2-3-8-7(4-5-10-8)6-9(11)12/h7-8,10H,2-6H2,1H3,(H,11,12). The lowest BCUT2D eigenvalue weighted by Gasteiger charge is -2.16. The van der Waals surface area contributed by atoms with E-state index in [1.807, 2.05) is 0 Å². The molecule has 0 aromatic rings. The molecule has 3 heteroatoms. The van der Waals surface area contributed by atoms with Crippen LogP contribution >= 0.6 is 0 Å². The summed E-state index contributed by atoms with van der Waals surface area (Å²) < 4.78 is 0. The molecule has 0 bridgehead atoms. The third kappa shape index (κ3) is 2.48. The summed E-state index contributed by atoms with van der Waals surface area (Å²) in [4.78, 5) is 10.5. The lowest BCUT2D eigenvalue weighted by molar-refractivity contribution is -0.138. The average Bonchev–Trinajstić information content (AvgIpc) is 2.37. The molecule has 0 amide bonds. The highest BCUT2D eigenvalue weighted by Crippen LogP contribution is 2.22. The van der Waals surface area contributed by atoms with Gasteiger partial charge in [0.1, 0.15) is 0 Å². The number of nitrogens with one attached hydrogen (secondary N) is 1. The van der Waals surface area contributed by atoms with E-state index in [-0.39, 0.29) is 0 Å². The molecular formula is C9H17NO2. The Labute approximate surface area is 73.2 Å². The number of hydrogen-bond acceptors (Lipinski definition) is 2. The number of carboxylic acid groups (broad SMARTS) is 1. The van der Waals surface area contributed by atoms with Gasteiger partial charge in [-0.15, -0.1) is 0 Å². The second kappa shape index (κ2) is 4.45. The van der Waals surface area contributed by atoms with Gasteiger partial charge in [0.05, 0.1) is 0 Å². The Kier molecular flexibility index (Phi) is 3.53. The second-order valence-corrected chi connectivity index (χ2v) is 3.50. The monoisotopic (exact) mass is 171 g/mol. The van der Waals surface area contributed by atoms with Crippen LogP contribution in [0.1, 0.15) is 32.6 Å². The van der Waals surface area contributed by atoms with Crippen LogP contribution in [0.25, 0.3) is 0 Å². The maximum absolute atomic E-state index is 10.5. The summed E-state index contributed by atoms with van der Waals surface area (Å²) in [6.45, 7) is 3.13. The van der Waals surface area contributed by atoms with Crippen molar-refractivity contribution >= 4 is 5.97 Å². The molecule has 1 heterocycles. The molecule has 1 rings (SSSR count). The smallest absolute Gasteiger partial charge is 0.303 e. The molecule has 0 saturated carbocycles. The third-order valence-corrected chi connectivity index (χ3v) is 2.53. The van der Waals surface area contributed by atoms with Crippen molar-refractivity contribution in [1.82, 2.24) is 5.32 Å². The van der Waals surface area contributed by atoms with Gasteiger partial charge < -0.3 is 10.4 Å². The minimum absolute atomic E-state index is 0.331. The zero-order valence-electron chi connectivity index (χ0n) is 7.55. The molecule has 3 nitrogen and oxygen atoms in total. The van der Waals surface area contributed by atoms with Crippen molar-refractivity contribution in [3.05, 3.63) is 0 Å². The first kappa shape index (κ1) is 9.52. The summed E-state index contributed by atoms with van der Waals surface area (Å²) in [5.74, 6) is -0.299. The summed E-state index contributed by atoms with van der Waals surface area (Å²) >= 11 is 0. The van der Waals surface area contributed by atoms with Crippen LogP contribution in [0.3, 0.4) is 0 Å². The Morgan fingerprint density at radius 3 is 3.00 bits per heavy atom. The molecule has 1 saturated heterocycles. The van der Waals surface area contributed by atoms with Gasteiger partial charge in [-0.2, -0.15) is 0 Å². The molecule has 12 heavy (non-hydrogen) atoms. The van der Waals surface area contributed by atoms with Crippen molar-refractivity contribution in [2.24, 2.45) is 5.92 Å². The zero-order valence-corrected chi connectivity index (χ0v) is 7.55. The molecule has 2 N–H and O–H groups in total. The van der Waals surface area contributed by atoms with E-state index in [4.69, 9.17) is 5.11 Å². The molecule has 2 atom stereocenters. The van der Waals surface area contributed by atoms with Gasteiger partial charge in [-0.05, 0) is 25.3 Å². The second-order valence-electron chi connectivity index (χ2n) is 3.50. The third-order valence-electron chi connectivity index (χ3n) is 2.53.